The Hall–Kier alpha value is -2.69. The number of hydrogen-bond acceptors (Lipinski definition) is 4. The van der Waals surface area contributed by atoms with Gasteiger partial charge in [0, 0.05) is 12.7 Å². The van der Waals surface area contributed by atoms with Crippen molar-refractivity contribution in [3.8, 4) is 0 Å². The molecule has 2 aromatic rings. The summed E-state index contributed by atoms with van der Waals surface area (Å²) in [7, 11) is 0. The van der Waals surface area contributed by atoms with Crippen LogP contribution in [0, 0.1) is 0 Å². The molecule has 3 heterocycles. The smallest absolute Gasteiger partial charge is 0.264 e. The fourth-order valence-electron chi connectivity index (χ4n) is 2.62. The molecule has 1 aromatic carbocycles. The number of aromatic nitrogens is 1. The van der Waals surface area contributed by atoms with E-state index in [1.165, 1.54) is 0 Å². The van der Waals surface area contributed by atoms with Gasteiger partial charge in [-0.15, -0.1) is 0 Å². The van der Waals surface area contributed by atoms with Crippen LogP contribution >= 0.6 is 0 Å². The standard InChI is InChI=1S/C15H12N4O/c20-14-12-7-4-8-16-13(12)19(11-5-2-1-3-6-11)15-17-9-10-18(14)15/h1-8H,9-10H2. The van der Waals surface area contributed by atoms with Gasteiger partial charge in [0.25, 0.3) is 5.91 Å². The van der Waals surface area contributed by atoms with Gasteiger partial charge in [0.15, 0.2) is 5.82 Å². The number of carbonyl (C=O) groups excluding carboxylic acids is 1. The second kappa shape index (κ2) is 4.16. The van der Waals surface area contributed by atoms with E-state index in [9.17, 15) is 4.79 Å². The lowest BCUT2D eigenvalue weighted by molar-refractivity contribution is 0.0852. The SMILES string of the molecule is O=C1c2cccnc2N(c2ccccc2)C2=NCCN12. The number of carbonyl (C=O) groups is 1. The molecule has 4 rings (SSSR count). The van der Waals surface area contributed by atoms with Crippen molar-refractivity contribution < 1.29 is 4.79 Å². The topological polar surface area (TPSA) is 48.8 Å². The molecule has 0 unspecified atom stereocenters. The molecule has 20 heavy (non-hydrogen) atoms. The summed E-state index contributed by atoms with van der Waals surface area (Å²) in [6.07, 6.45) is 1.70. The molecule has 1 aromatic heterocycles. The Kier molecular flexibility index (Phi) is 2.32. The van der Waals surface area contributed by atoms with Crippen molar-refractivity contribution in [2.24, 2.45) is 4.99 Å². The van der Waals surface area contributed by atoms with Crippen LogP contribution in [0.5, 0.6) is 0 Å². The average molecular weight is 264 g/mol. The molecule has 0 radical (unpaired) electrons. The van der Waals surface area contributed by atoms with E-state index in [0.717, 1.165) is 5.69 Å². The highest BCUT2D eigenvalue weighted by atomic mass is 16.2. The molecular weight excluding hydrogens is 252 g/mol. The predicted octanol–water partition coefficient (Wildman–Crippen LogP) is 2.05. The van der Waals surface area contributed by atoms with Crippen LogP contribution in [0.4, 0.5) is 11.5 Å². The molecule has 0 bridgehead atoms. The van der Waals surface area contributed by atoms with Gasteiger partial charge in [-0.25, -0.2) is 4.98 Å². The Morgan fingerprint density at radius 1 is 1.05 bits per heavy atom. The number of guanidine groups is 1. The first-order chi connectivity index (χ1) is 9.86. The first-order valence-electron chi connectivity index (χ1n) is 6.53. The second-order valence-electron chi connectivity index (χ2n) is 4.68. The van der Waals surface area contributed by atoms with E-state index in [1.807, 2.05) is 41.3 Å². The lowest BCUT2D eigenvalue weighted by Gasteiger charge is -2.34. The molecule has 0 atom stereocenters. The van der Waals surface area contributed by atoms with Gasteiger partial charge in [0.2, 0.25) is 5.96 Å². The third-order valence-electron chi connectivity index (χ3n) is 3.51. The number of fused-ring (bicyclic) bond motifs is 2. The molecule has 0 saturated heterocycles. The Morgan fingerprint density at radius 3 is 2.75 bits per heavy atom. The summed E-state index contributed by atoms with van der Waals surface area (Å²) in [5.74, 6) is 1.31. The van der Waals surface area contributed by atoms with E-state index in [4.69, 9.17) is 0 Å². The van der Waals surface area contributed by atoms with Gasteiger partial charge in [-0.2, -0.15) is 0 Å². The largest absolute Gasteiger partial charge is 0.276 e. The zero-order chi connectivity index (χ0) is 13.5. The summed E-state index contributed by atoms with van der Waals surface area (Å²) < 4.78 is 0. The maximum atomic E-state index is 12.5. The van der Waals surface area contributed by atoms with Crippen LogP contribution in [0.1, 0.15) is 10.4 Å². The van der Waals surface area contributed by atoms with Gasteiger partial charge < -0.3 is 0 Å². The van der Waals surface area contributed by atoms with Crippen molar-refractivity contribution in [1.82, 2.24) is 9.88 Å². The van der Waals surface area contributed by atoms with E-state index in [2.05, 4.69) is 9.98 Å². The van der Waals surface area contributed by atoms with Gasteiger partial charge in [-0.05, 0) is 24.3 Å². The predicted molar refractivity (Wildman–Crippen MR) is 76.2 cm³/mol. The van der Waals surface area contributed by atoms with Gasteiger partial charge in [0.1, 0.15) is 0 Å². The van der Waals surface area contributed by atoms with Crippen LogP contribution in [-0.2, 0) is 0 Å². The van der Waals surface area contributed by atoms with Crippen LogP contribution in [-0.4, -0.2) is 34.8 Å². The summed E-state index contributed by atoms with van der Waals surface area (Å²) >= 11 is 0. The number of hydrogen-bond donors (Lipinski definition) is 0. The zero-order valence-electron chi connectivity index (χ0n) is 10.7. The van der Waals surface area contributed by atoms with Gasteiger partial charge in [-0.1, -0.05) is 18.2 Å². The maximum absolute atomic E-state index is 12.5. The Labute approximate surface area is 116 Å². The normalized spacial score (nSPS) is 16.8. The number of amides is 1. The fourth-order valence-corrected chi connectivity index (χ4v) is 2.62. The monoisotopic (exact) mass is 264 g/mol. The van der Waals surface area contributed by atoms with Crippen molar-refractivity contribution in [2.75, 3.05) is 18.0 Å². The highest BCUT2D eigenvalue weighted by Crippen LogP contribution is 2.33. The lowest BCUT2D eigenvalue weighted by Crippen LogP contribution is -2.48. The minimum atomic E-state index is -0.0171. The highest BCUT2D eigenvalue weighted by Gasteiger charge is 2.38. The first kappa shape index (κ1) is 11.2. The molecule has 1 amide bonds. The molecule has 0 spiro atoms. The van der Waals surface area contributed by atoms with Crippen LogP contribution in [0.2, 0.25) is 0 Å². The summed E-state index contributed by atoms with van der Waals surface area (Å²) in [5, 5.41) is 0. The van der Waals surface area contributed by atoms with Crippen molar-refractivity contribution >= 4 is 23.4 Å². The Morgan fingerprint density at radius 2 is 1.90 bits per heavy atom. The zero-order valence-corrected chi connectivity index (χ0v) is 10.7. The lowest BCUT2D eigenvalue weighted by atomic mass is 10.1. The minimum Gasteiger partial charge on any atom is -0.276 e. The van der Waals surface area contributed by atoms with E-state index in [-0.39, 0.29) is 5.91 Å². The molecule has 5 heteroatoms. The third kappa shape index (κ3) is 1.46. The molecular formula is C15H12N4O. The van der Waals surface area contributed by atoms with Crippen LogP contribution < -0.4 is 4.90 Å². The van der Waals surface area contributed by atoms with Crippen LogP contribution in [0.15, 0.2) is 53.7 Å². The number of anilines is 2. The van der Waals surface area contributed by atoms with Crippen molar-refractivity contribution in [1.29, 1.82) is 0 Å². The van der Waals surface area contributed by atoms with E-state index >= 15 is 0 Å². The molecule has 2 aliphatic rings. The van der Waals surface area contributed by atoms with Gasteiger partial charge in [0.05, 0.1) is 17.8 Å². The summed E-state index contributed by atoms with van der Waals surface area (Å²) in [6, 6.07) is 13.5. The third-order valence-corrected chi connectivity index (χ3v) is 3.51. The maximum Gasteiger partial charge on any atom is 0.264 e. The molecule has 98 valence electrons. The number of benzene rings is 1. The van der Waals surface area contributed by atoms with E-state index in [0.29, 0.717) is 30.4 Å². The first-order valence-corrected chi connectivity index (χ1v) is 6.53. The van der Waals surface area contributed by atoms with Crippen LogP contribution in [0.3, 0.4) is 0 Å². The number of nitrogens with zero attached hydrogens (tertiary/aromatic N) is 4. The number of rotatable bonds is 1. The molecule has 0 aliphatic carbocycles. The molecule has 0 saturated carbocycles. The quantitative estimate of drug-likeness (QED) is 0.792. The Balaban J connectivity index is 1.96. The average Bonchev–Trinajstić information content (AvgIpc) is 2.98. The van der Waals surface area contributed by atoms with Crippen molar-refractivity contribution in [2.45, 2.75) is 0 Å². The summed E-state index contributed by atoms with van der Waals surface area (Å²) in [4.78, 5) is 25.0. The summed E-state index contributed by atoms with van der Waals surface area (Å²) in [5.41, 5.74) is 1.59. The molecule has 0 fully saturated rings. The fraction of sp³-hybridized carbons (Fsp3) is 0.133. The van der Waals surface area contributed by atoms with E-state index < -0.39 is 0 Å². The van der Waals surface area contributed by atoms with Crippen LogP contribution in [0.25, 0.3) is 0 Å². The Bertz CT molecular complexity index is 711. The minimum absolute atomic E-state index is 0.0171. The molecule has 0 N–H and O–H groups in total. The highest BCUT2D eigenvalue weighted by molar-refractivity contribution is 6.21. The summed E-state index contributed by atoms with van der Waals surface area (Å²) in [6.45, 7) is 1.27. The molecule has 5 nitrogen and oxygen atoms in total. The van der Waals surface area contributed by atoms with Gasteiger partial charge >= 0.3 is 0 Å². The number of para-hydroxylation sites is 1. The van der Waals surface area contributed by atoms with Crippen molar-refractivity contribution in [3.63, 3.8) is 0 Å². The van der Waals surface area contributed by atoms with E-state index in [1.54, 1.807) is 17.2 Å². The number of pyridine rings is 1. The van der Waals surface area contributed by atoms with Crippen molar-refractivity contribution in [3.05, 3.63) is 54.2 Å². The number of aliphatic imine (C=N–C) groups is 1. The van der Waals surface area contributed by atoms with Gasteiger partial charge in [-0.3, -0.25) is 19.6 Å². The second-order valence-corrected chi connectivity index (χ2v) is 4.68. The molecule has 2 aliphatic heterocycles.